The van der Waals surface area contributed by atoms with E-state index >= 15 is 0 Å². The molecule has 0 amide bonds. The second kappa shape index (κ2) is 4.24. The highest BCUT2D eigenvalue weighted by Gasteiger charge is 1.99. The first kappa shape index (κ1) is 9.23. The number of thioether (sulfide) groups is 2. The topological polar surface area (TPSA) is 0 Å². The molecule has 59 valence electrons. The van der Waals surface area contributed by atoms with Crippen molar-refractivity contribution in [2.75, 3.05) is 12.5 Å². The molecule has 0 aliphatic carbocycles. The third kappa shape index (κ3) is 2.29. The third-order valence-electron chi connectivity index (χ3n) is 1.36. The Morgan fingerprint density at radius 3 is 2.27 bits per heavy atom. The van der Waals surface area contributed by atoms with Gasteiger partial charge in [-0.3, -0.25) is 0 Å². The van der Waals surface area contributed by atoms with E-state index in [1.54, 1.807) is 23.5 Å². The zero-order chi connectivity index (χ0) is 8.27. The molecule has 0 aliphatic heterocycles. The maximum Gasteiger partial charge on any atom is 0.0389 e. The maximum absolute atomic E-state index is 5.05. The molecule has 0 atom stereocenters. The molecule has 0 N–H and O–H groups in total. The minimum atomic E-state index is 0.923. The molecule has 11 heavy (non-hydrogen) atoms. The molecule has 0 unspecified atom stereocenters. The van der Waals surface area contributed by atoms with Crippen molar-refractivity contribution in [1.82, 2.24) is 0 Å². The molecule has 1 aromatic carbocycles. The van der Waals surface area contributed by atoms with E-state index in [1.807, 2.05) is 12.1 Å². The molecular formula is C8H9S3. The number of hydrogen-bond donors (Lipinski definition) is 0. The van der Waals surface area contributed by atoms with Crippen molar-refractivity contribution in [2.45, 2.75) is 14.7 Å². The second-order valence-corrected chi connectivity index (χ2v) is 4.18. The van der Waals surface area contributed by atoms with Crippen LogP contribution in [0.25, 0.3) is 0 Å². The van der Waals surface area contributed by atoms with Gasteiger partial charge in [0.1, 0.15) is 0 Å². The van der Waals surface area contributed by atoms with Crippen LogP contribution in [0.1, 0.15) is 0 Å². The molecule has 0 nitrogen and oxygen atoms in total. The SMILES string of the molecule is CSc1ccc([S])cc1SC. The van der Waals surface area contributed by atoms with E-state index in [0.29, 0.717) is 0 Å². The number of benzene rings is 1. The third-order valence-corrected chi connectivity index (χ3v) is 3.31. The molecule has 0 aliphatic rings. The zero-order valence-corrected chi connectivity index (χ0v) is 8.91. The van der Waals surface area contributed by atoms with Gasteiger partial charge in [-0.15, -0.1) is 23.5 Å². The average molecular weight is 201 g/mol. The molecule has 0 bridgehead atoms. The lowest BCUT2D eigenvalue weighted by atomic mass is 10.4. The monoisotopic (exact) mass is 201 g/mol. The predicted molar refractivity (Wildman–Crippen MR) is 55.9 cm³/mol. The molecule has 0 aromatic heterocycles. The highest BCUT2D eigenvalue weighted by atomic mass is 32.2. The Hall–Kier alpha value is 0.140. The lowest BCUT2D eigenvalue weighted by Crippen LogP contribution is -1.76. The van der Waals surface area contributed by atoms with Gasteiger partial charge in [0.2, 0.25) is 0 Å². The van der Waals surface area contributed by atoms with Gasteiger partial charge in [0.25, 0.3) is 0 Å². The molecule has 0 heterocycles. The molecule has 0 fully saturated rings. The lowest BCUT2D eigenvalue weighted by molar-refractivity contribution is 1.20. The smallest absolute Gasteiger partial charge is 0.0389 e. The summed E-state index contributed by atoms with van der Waals surface area (Å²) in [6.45, 7) is 0. The van der Waals surface area contributed by atoms with Gasteiger partial charge in [-0.1, -0.05) is 12.6 Å². The van der Waals surface area contributed by atoms with E-state index in [-0.39, 0.29) is 0 Å². The predicted octanol–water partition coefficient (Wildman–Crippen LogP) is 3.69. The van der Waals surface area contributed by atoms with Crippen LogP contribution in [0, 0.1) is 0 Å². The molecular weight excluding hydrogens is 192 g/mol. The maximum atomic E-state index is 5.05. The van der Waals surface area contributed by atoms with Crippen molar-refractivity contribution in [2.24, 2.45) is 0 Å². The lowest BCUT2D eigenvalue weighted by Gasteiger charge is -2.03. The fraction of sp³-hybridized carbons (Fsp3) is 0.250. The van der Waals surface area contributed by atoms with Crippen molar-refractivity contribution >= 4 is 36.2 Å². The average Bonchev–Trinajstić information content (AvgIpc) is 2.04. The van der Waals surface area contributed by atoms with Crippen molar-refractivity contribution in [1.29, 1.82) is 0 Å². The van der Waals surface area contributed by atoms with Gasteiger partial charge in [-0.05, 0) is 30.7 Å². The van der Waals surface area contributed by atoms with Gasteiger partial charge in [-0.2, -0.15) is 0 Å². The van der Waals surface area contributed by atoms with E-state index in [1.165, 1.54) is 9.79 Å². The molecule has 0 saturated carbocycles. The Kier molecular flexibility index (Phi) is 3.55. The van der Waals surface area contributed by atoms with E-state index < -0.39 is 0 Å². The van der Waals surface area contributed by atoms with E-state index in [4.69, 9.17) is 12.6 Å². The van der Waals surface area contributed by atoms with E-state index in [9.17, 15) is 0 Å². The molecule has 0 saturated heterocycles. The minimum Gasteiger partial charge on any atom is -0.128 e. The van der Waals surface area contributed by atoms with E-state index in [0.717, 1.165) is 4.90 Å². The van der Waals surface area contributed by atoms with E-state index in [2.05, 4.69) is 18.6 Å². The van der Waals surface area contributed by atoms with Crippen molar-refractivity contribution < 1.29 is 0 Å². The van der Waals surface area contributed by atoms with Crippen molar-refractivity contribution in [3.05, 3.63) is 18.2 Å². The van der Waals surface area contributed by atoms with Gasteiger partial charge in [0.05, 0.1) is 0 Å². The van der Waals surface area contributed by atoms with Gasteiger partial charge in [0, 0.05) is 14.7 Å². The first-order valence-electron chi connectivity index (χ1n) is 3.17. The minimum absolute atomic E-state index is 0.923. The zero-order valence-electron chi connectivity index (χ0n) is 6.46. The Balaban J connectivity index is 3.06. The van der Waals surface area contributed by atoms with Crippen LogP contribution in [0.2, 0.25) is 0 Å². The summed E-state index contributed by atoms with van der Waals surface area (Å²) in [5, 5.41) is 0. The summed E-state index contributed by atoms with van der Waals surface area (Å²) in [4.78, 5) is 3.52. The fourth-order valence-electron chi connectivity index (χ4n) is 0.817. The van der Waals surface area contributed by atoms with Crippen molar-refractivity contribution in [3.63, 3.8) is 0 Å². The van der Waals surface area contributed by atoms with Gasteiger partial charge >= 0.3 is 0 Å². The molecule has 0 spiro atoms. The normalized spacial score (nSPS) is 10.0. The fourth-order valence-corrected chi connectivity index (χ4v) is 2.56. The summed E-state index contributed by atoms with van der Waals surface area (Å²) in [6, 6.07) is 6.10. The van der Waals surface area contributed by atoms with Crippen LogP contribution >= 0.6 is 36.2 Å². The van der Waals surface area contributed by atoms with Crippen LogP contribution < -0.4 is 0 Å². The van der Waals surface area contributed by atoms with Crippen LogP contribution in [-0.4, -0.2) is 12.5 Å². The first-order valence-corrected chi connectivity index (χ1v) is 6.02. The van der Waals surface area contributed by atoms with Crippen LogP contribution in [-0.2, 0) is 0 Å². The van der Waals surface area contributed by atoms with Crippen molar-refractivity contribution in [3.8, 4) is 0 Å². The Labute approximate surface area is 81.6 Å². The first-order chi connectivity index (χ1) is 5.27. The molecule has 1 rings (SSSR count). The molecule has 1 aromatic rings. The quantitative estimate of drug-likeness (QED) is 0.669. The number of rotatable bonds is 2. The summed E-state index contributed by atoms with van der Waals surface area (Å²) in [6.07, 6.45) is 4.15. The summed E-state index contributed by atoms with van der Waals surface area (Å²) in [5.41, 5.74) is 0. The van der Waals surface area contributed by atoms with Crippen LogP contribution in [0.15, 0.2) is 32.9 Å². The summed E-state index contributed by atoms with van der Waals surface area (Å²) >= 11 is 8.56. The summed E-state index contributed by atoms with van der Waals surface area (Å²) in [5.74, 6) is 0. The number of hydrogen-bond acceptors (Lipinski definition) is 2. The van der Waals surface area contributed by atoms with Crippen LogP contribution in [0.3, 0.4) is 0 Å². The Bertz CT molecular complexity index is 245. The summed E-state index contributed by atoms with van der Waals surface area (Å²) < 4.78 is 0. The van der Waals surface area contributed by atoms with Gasteiger partial charge < -0.3 is 0 Å². The Morgan fingerprint density at radius 1 is 1.09 bits per heavy atom. The molecule has 1 radical (unpaired) electrons. The Morgan fingerprint density at radius 2 is 1.73 bits per heavy atom. The van der Waals surface area contributed by atoms with Crippen LogP contribution in [0.5, 0.6) is 0 Å². The molecule has 3 heteroatoms. The second-order valence-electron chi connectivity index (χ2n) is 2.02. The standard InChI is InChI=1S/C8H9S3/c1-10-7-4-3-6(9)5-8(7)11-2/h3-5H,1-2H3. The van der Waals surface area contributed by atoms with Gasteiger partial charge in [-0.25, -0.2) is 0 Å². The largest absolute Gasteiger partial charge is 0.128 e. The van der Waals surface area contributed by atoms with Crippen LogP contribution in [0.4, 0.5) is 0 Å². The highest BCUT2D eigenvalue weighted by Crippen LogP contribution is 2.29. The highest BCUT2D eigenvalue weighted by molar-refractivity contribution is 8.01. The summed E-state index contributed by atoms with van der Waals surface area (Å²) in [7, 11) is 0. The van der Waals surface area contributed by atoms with Gasteiger partial charge in [0.15, 0.2) is 0 Å².